The molecule has 10 heteroatoms. The predicted molar refractivity (Wildman–Crippen MR) is 149 cm³/mol. The standard InChI is InChI=1S/C29H30N4O5S/c1-4-22-25(28(35)38-3)26(20-8-6-5-7-9-20)32-27(34)24(39-29(32)30-22)17-18-10-11-21(23(16-18)33(36)37)19-12-14-31(2)15-13-19/h5-11,16-17,19,26H,4,12-15H2,1-3H3/b24-17-/t26-/m0/s1. The first-order valence-electron chi connectivity index (χ1n) is 13.0. The Kier molecular flexibility index (Phi) is 7.58. The van der Waals surface area contributed by atoms with Crippen LogP contribution in [-0.4, -0.2) is 47.6 Å². The average molecular weight is 547 g/mol. The van der Waals surface area contributed by atoms with Gasteiger partial charge in [-0.25, -0.2) is 9.79 Å². The summed E-state index contributed by atoms with van der Waals surface area (Å²) in [5.41, 5.74) is 2.75. The average Bonchev–Trinajstić information content (AvgIpc) is 3.26. The molecule has 0 spiro atoms. The SMILES string of the molecule is CCC1=C(C(=O)OC)[C@H](c2ccccc2)n2c(s/c(=C\c3ccc(C4CCN(C)CC4)c([N+](=O)[O-])c3)c2=O)=N1. The number of piperidine rings is 1. The number of nitrogens with zero attached hydrogens (tertiary/aromatic N) is 4. The number of methoxy groups -OCH3 is 1. The van der Waals surface area contributed by atoms with Gasteiger partial charge in [-0.15, -0.1) is 0 Å². The van der Waals surface area contributed by atoms with Gasteiger partial charge in [-0.05, 0) is 62.5 Å². The van der Waals surface area contributed by atoms with Crippen LogP contribution in [0.5, 0.6) is 0 Å². The number of allylic oxidation sites excluding steroid dienone is 1. The van der Waals surface area contributed by atoms with E-state index in [2.05, 4.69) is 16.9 Å². The van der Waals surface area contributed by atoms with Crippen molar-refractivity contribution in [1.82, 2.24) is 9.47 Å². The fourth-order valence-electron chi connectivity index (χ4n) is 5.44. The molecule has 2 aliphatic heterocycles. The van der Waals surface area contributed by atoms with Crippen molar-refractivity contribution >= 4 is 29.1 Å². The Balaban J connectivity index is 1.63. The van der Waals surface area contributed by atoms with Gasteiger partial charge in [-0.1, -0.05) is 60.7 Å². The van der Waals surface area contributed by atoms with Crippen molar-refractivity contribution in [2.45, 2.75) is 38.1 Å². The monoisotopic (exact) mass is 546 g/mol. The fourth-order valence-corrected chi connectivity index (χ4v) is 6.46. The number of hydrogen-bond acceptors (Lipinski definition) is 8. The summed E-state index contributed by atoms with van der Waals surface area (Å²) in [6.45, 7) is 3.71. The second-order valence-electron chi connectivity index (χ2n) is 9.85. The second-order valence-corrected chi connectivity index (χ2v) is 10.9. The number of benzene rings is 2. The molecule has 3 aromatic rings. The van der Waals surface area contributed by atoms with E-state index in [0.717, 1.165) is 37.1 Å². The molecule has 2 aromatic carbocycles. The molecule has 202 valence electrons. The molecule has 39 heavy (non-hydrogen) atoms. The molecule has 0 amide bonds. The van der Waals surface area contributed by atoms with E-state index >= 15 is 0 Å². The number of carbonyl (C=O) groups is 1. The van der Waals surface area contributed by atoms with Crippen LogP contribution in [0.15, 0.2) is 69.6 Å². The molecular weight excluding hydrogens is 516 g/mol. The summed E-state index contributed by atoms with van der Waals surface area (Å²) in [6.07, 6.45) is 3.91. The van der Waals surface area contributed by atoms with Gasteiger partial charge in [0.25, 0.3) is 11.2 Å². The number of nitro groups is 1. The van der Waals surface area contributed by atoms with Gasteiger partial charge in [0.1, 0.15) is 0 Å². The number of thiazole rings is 1. The van der Waals surface area contributed by atoms with E-state index in [1.54, 1.807) is 12.1 Å². The minimum absolute atomic E-state index is 0.0782. The zero-order valence-corrected chi connectivity index (χ0v) is 22.9. The van der Waals surface area contributed by atoms with Crippen LogP contribution in [0.2, 0.25) is 0 Å². The van der Waals surface area contributed by atoms with Gasteiger partial charge in [0.2, 0.25) is 0 Å². The van der Waals surface area contributed by atoms with Crippen LogP contribution in [0.25, 0.3) is 6.08 Å². The molecule has 1 fully saturated rings. The summed E-state index contributed by atoms with van der Waals surface area (Å²) in [4.78, 5) is 45.7. The third-order valence-corrected chi connectivity index (χ3v) is 8.46. The normalized spacial score (nSPS) is 18.5. The maximum Gasteiger partial charge on any atom is 0.338 e. The molecule has 0 bridgehead atoms. The molecule has 0 radical (unpaired) electrons. The smallest absolute Gasteiger partial charge is 0.338 e. The maximum atomic E-state index is 13.8. The molecule has 1 atom stereocenters. The quantitative estimate of drug-likeness (QED) is 0.266. The van der Waals surface area contributed by atoms with Crippen LogP contribution in [0.4, 0.5) is 5.69 Å². The predicted octanol–water partition coefficient (Wildman–Crippen LogP) is 3.52. The Bertz CT molecular complexity index is 1630. The van der Waals surface area contributed by atoms with E-state index < -0.39 is 12.0 Å². The van der Waals surface area contributed by atoms with Crippen LogP contribution in [0.3, 0.4) is 0 Å². The van der Waals surface area contributed by atoms with Gasteiger partial charge < -0.3 is 9.64 Å². The van der Waals surface area contributed by atoms with E-state index in [4.69, 9.17) is 4.74 Å². The molecule has 3 heterocycles. The van der Waals surface area contributed by atoms with Crippen LogP contribution >= 0.6 is 11.3 Å². The minimum atomic E-state index is -0.687. The summed E-state index contributed by atoms with van der Waals surface area (Å²) in [7, 11) is 3.38. The third-order valence-electron chi connectivity index (χ3n) is 7.47. The zero-order chi connectivity index (χ0) is 27.7. The molecular formula is C29H30N4O5S. The number of ether oxygens (including phenoxy) is 1. The third kappa shape index (κ3) is 5.09. The Morgan fingerprint density at radius 2 is 1.92 bits per heavy atom. The van der Waals surface area contributed by atoms with Crippen molar-refractivity contribution in [1.29, 1.82) is 0 Å². The van der Waals surface area contributed by atoms with Crippen molar-refractivity contribution < 1.29 is 14.5 Å². The summed E-state index contributed by atoms with van der Waals surface area (Å²) >= 11 is 1.21. The lowest BCUT2D eigenvalue weighted by atomic mass is 9.88. The topological polar surface area (TPSA) is 107 Å². The number of esters is 1. The number of rotatable bonds is 6. The molecule has 0 saturated carbocycles. The highest BCUT2D eigenvalue weighted by molar-refractivity contribution is 7.07. The van der Waals surface area contributed by atoms with Crippen LogP contribution in [0.1, 0.15) is 54.8 Å². The molecule has 2 aliphatic rings. The second kappa shape index (κ2) is 11.1. The summed E-state index contributed by atoms with van der Waals surface area (Å²) in [5, 5.41) is 12.0. The molecule has 1 saturated heterocycles. The summed E-state index contributed by atoms with van der Waals surface area (Å²) < 4.78 is 7.00. The molecule has 5 rings (SSSR count). The Hall–Kier alpha value is -3.89. The zero-order valence-electron chi connectivity index (χ0n) is 22.1. The first-order valence-corrected chi connectivity index (χ1v) is 13.8. The number of aromatic nitrogens is 1. The molecule has 0 aliphatic carbocycles. The van der Waals surface area contributed by atoms with Crippen molar-refractivity contribution in [2.75, 3.05) is 27.2 Å². The lowest BCUT2D eigenvalue weighted by Gasteiger charge is -2.29. The van der Waals surface area contributed by atoms with Gasteiger partial charge >= 0.3 is 5.97 Å². The number of nitro benzene ring substituents is 1. The van der Waals surface area contributed by atoms with Crippen LogP contribution in [-0.2, 0) is 9.53 Å². The number of carbonyl (C=O) groups excluding carboxylic acids is 1. The van der Waals surface area contributed by atoms with Crippen molar-refractivity contribution in [3.8, 4) is 0 Å². The van der Waals surface area contributed by atoms with Crippen molar-refractivity contribution in [3.63, 3.8) is 0 Å². The maximum absolute atomic E-state index is 13.8. The van der Waals surface area contributed by atoms with Gasteiger partial charge in [-0.3, -0.25) is 19.5 Å². The molecule has 0 N–H and O–H groups in total. The number of hydrogen-bond donors (Lipinski definition) is 0. The number of fused-ring (bicyclic) bond motifs is 1. The van der Waals surface area contributed by atoms with Crippen LogP contribution in [0, 0.1) is 10.1 Å². The summed E-state index contributed by atoms with van der Waals surface area (Å²) in [6, 6.07) is 13.9. The lowest BCUT2D eigenvalue weighted by molar-refractivity contribution is -0.385. The number of likely N-dealkylation sites (tertiary alicyclic amines) is 1. The largest absolute Gasteiger partial charge is 0.466 e. The highest BCUT2D eigenvalue weighted by Gasteiger charge is 2.33. The van der Waals surface area contributed by atoms with E-state index in [-0.39, 0.29) is 22.1 Å². The first kappa shape index (κ1) is 26.7. The molecule has 0 unspecified atom stereocenters. The van der Waals surface area contributed by atoms with E-state index in [0.29, 0.717) is 32.6 Å². The Morgan fingerprint density at radius 3 is 2.56 bits per heavy atom. The first-order chi connectivity index (χ1) is 18.8. The molecule has 1 aromatic heterocycles. The molecule has 9 nitrogen and oxygen atoms in total. The Labute approximate surface area is 229 Å². The lowest BCUT2D eigenvalue weighted by Crippen LogP contribution is -2.40. The Morgan fingerprint density at radius 1 is 1.21 bits per heavy atom. The van der Waals surface area contributed by atoms with Gasteiger partial charge in [0.05, 0.1) is 33.9 Å². The summed E-state index contributed by atoms with van der Waals surface area (Å²) in [5.74, 6) is -0.394. The van der Waals surface area contributed by atoms with Gasteiger partial charge in [0.15, 0.2) is 4.80 Å². The van der Waals surface area contributed by atoms with E-state index in [1.807, 2.05) is 49.4 Å². The van der Waals surface area contributed by atoms with E-state index in [9.17, 15) is 19.7 Å². The highest BCUT2D eigenvalue weighted by atomic mass is 32.1. The van der Waals surface area contributed by atoms with Gasteiger partial charge in [-0.2, -0.15) is 0 Å². The fraction of sp³-hybridized carbons (Fsp3) is 0.345. The highest BCUT2D eigenvalue weighted by Crippen LogP contribution is 2.35. The van der Waals surface area contributed by atoms with Gasteiger partial charge in [0, 0.05) is 11.6 Å². The van der Waals surface area contributed by atoms with Crippen molar-refractivity contribution in [3.05, 3.63) is 106 Å². The van der Waals surface area contributed by atoms with Crippen LogP contribution < -0.4 is 14.9 Å². The van der Waals surface area contributed by atoms with E-state index in [1.165, 1.54) is 23.0 Å². The minimum Gasteiger partial charge on any atom is -0.466 e. The van der Waals surface area contributed by atoms with Crippen molar-refractivity contribution in [2.24, 2.45) is 4.99 Å².